The van der Waals surface area contributed by atoms with Crippen molar-refractivity contribution in [1.82, 2.24) is 15.1 Å². The maximum absolute atomic E-state index is 9.92. The van der Waals surface area contributed by atoms with Crippen LogP contribution in [0.5, 0.6) is 5.75 Å². The lowest BCUT2D eigenvalue weighted by atomic mass is 10.3. The minimum absolute atomic E-state index is 0.140. The second-order valence-corrected chi connectivity index (χ2v) is 5.64. The van der Waals surface area contributed by atoms with Crippen LogP contribution in [-0.2, 0) is 13.1 Å². The van der Waals surface area contributed by atoms with Crippen LogP contribution < -0.4 is 10.1 Å². The van der Waals surface area contributed by atoms with Gasteiger partial charge in [-0.2, -0.15) is 5.10 Å². The number of ether oxygens (including phenoxy) is 1. The monoisotopic (exact) mass is 343 g/mol. The third-order valence-corrected chi connectivity index (χ3v) is 3.87. The van der Waals surface area contributed by atoms with Gasteiger partial charge < -0.3 is 15.2 Å². The molecule has 0 aliphatic carbocycles. The van der Waals surface area contributed by atoms with Gasteiger partial charge in [-0.15, -0.1) is 0 Å². The number of aryl methyl sites for hydroxylation is 1. The minimum Gasteiger partial charge on any atom is -0.489 e. The first-order chi connectivity index (χ1) is 10.6. The third-order valence-electron chi connectivity index (χ3n) is 3.07. The highest BCUT2D eigenvalue weighted by Crippen LogP contribution is 2.31. The summed E-state index contributed by atoms with van der Waals surface area (Å²) in [5, 5.41) is 18.1. The molecule has 0 aliphatic heterocycles. The summed E-state index contributed by atoms with van der Waals surface area (Å²) in [7, 11) is 0. The van der Waals surface area contributed by atoms with Crippen molar-refractivity contribution in [3.05, 3.63) is 46.2 Å². The molecule has 0 bridgehead atoms. The molecule has 0 saturated carbocycles. The maximum Gasteiger partial charge on any atom is 0.139 e. The second-order valence-electron chi connectivity index (χ2n) is 4.85. The van der Waals surface area contributed by atoms with Crippen LogP contribution in [0.25, 0.3) is 0 Å². The molecule has 1 unspecified atom stereocenters. The van der Waals surface area contributed by atoms with E-state index in [-0.39, 0.29) is 6.61 Å². The molecule has 120 valence electrons. The molecule has 0 aliphatic rings. The second kappa shape index (κ2) is 8.39. The number of nitrogens with one attached hydrogen (secondary N) is 1. The molecule has 1 aromatic heterocycles. The van der Waals surface area contributed by atoms with E-state index < -0.39 is 6.10 Å². The molecule has 0 fully saturated rings. The van der Waals surface area contributed by atoms with Crippen molar-refractivity contribution in [1.29, 1.82) is 0 Å². The van der Waals surface area contributed by atoms with Crippen LogP contribution >= 0.6 is 23.2 Å². The highest BCUT2D eigenvalue weighted by Gasteiger charge is 2.09. The van der Waals surface area contributed by atoms with Crippen LogP contribution in [-0.4, -0.2) is 34.1 Å². The average Bonchev–Trinajstić information content (AvgIpc) is 2.97. The standard InChI is InChI=1S/C15H19Cl2N3O2/c1-2-20-9-11(7-19-20)6-18-8-12(21)10-22-14-5-3-4-13(16)15(14)17/h3-5,7,9,12,18,21H,2,6,8,10H2,1H3. The Morgan fingerprint density at radius 3 is 2.95 bits per heavy atom. The van der Waals surface area contributed by atoms with Crippen molar-refractivity contribution in [2.45, 2.75) is 26.1 Å². The summed E-state index contributed by atoms with van der Waals surface area (Å²) in [5.74, 6) is 0.470. The molecule has 2 rings (SSSR count). The third kappa shape index (κ3) is 4.88. The summed E-state index contributed by atoms with van der Waals surface area (Å²) in [6.45, 7) is 4.08. The zero-order valence-corrected chi connectivity index (χ0v) is 13.8. The first-order valence-electron chi connectivity index (χ1n) is 7.07. The van der Waals surface area contributed by atoms with Gasteiger partial charge in [0.25, 0.3) is 0 Å². The van der Waals surface area contributed by atoms with Crippen molar-refractivity contribution in [3.63, 3.8) is 0 Å². The molecule has 1 heterocycles. The number of aromatic nitrogens is 2. The lowest BCUT2D eigenvalue weighted by Gasteiger charge is -2.14. The first-order valence-corrected chi connectivity index (χ1v) is 7.82. The van der Waals surface area contributed by atoms with Gasteiger partial charge in [-0.3, -0.25) is 4.68 Å². The van der Waals surface area contributed by atoms with E-state index in [0.29, 0.717) is 28.9 Å². The summed E-state index contributed by atoms with van der Waals surface area (Å²) in [5.41, 5.74) is 1.08. The minimum atomic E-state index is -0.642. The van der Waals surface area contributed by atoms with Crippen molar-refractivity contribution < 1.29 is 9.84 Å². The quantitative estimate of drug-likeness (QED) is 0.773. The Kier molecular flexibility index (Phi) is 6.51. The summed E-state index contributed by atoms with van der Waals surface area (Å²) in [6.07, 6.45) is 3.14. The summed E-state index contributed by atoms with van der Waals surface area (Å²) in [6, 6.07) is 5.15. The lowest BCUT2D eigenvalue weighted by molar-refractivity contribution is 0.106. The molecule has 22 heavy (non-hydrogen) atoms. The predicted octanol–water partition coefficient (Wildman–Crippen LogP) is 2.74. The van der Waals surface area contributed by atoms with Gasteiger partial charge in [-0.1, -0.05) is 29.3 Å². The lowest BCUT2D eigenvalue weighted by Crippen LogP contribution is -2.31. The number of halogens is 2. The molecule has 0 spiro atoms. The fourth-order valence-electron chi connectivity index (χ4n) is 1.89. The van der Waals surface area contributed by atoms with E-state index in [9.17, 15) is 5.11 Å². The molecule has 1 atom stereocenters. The van der Waals surface area contributed by atoms with Crippen LogP contribution in [0.15, 0.2) is 30.6 Å². The van der Waals surface area contributed by atoms with Crippen LogP contribution in [0.4, 0.5) is 0 Å². The molecule has 5 nitrogen and oxygen atoms in total. The van der Waals surface area contributed by atoms with Crippen molar-refractivity contribution >= 4 is 23.2 Å². The highest BCUT2D eigenvalue weighted by molar-refractivity contribution is 6.42. The fraction of sp³-hybridized carbons (Fsp3) is 0.400. The zero-order valence-electron chi connectivity index (χ0n) is 12.3. The van der Waals surface area contributed by atoms with Gasteiger partial charge in [-0.05, 0) is 19.1 Å². The predicted molar refractivity (Wildman–Crippen MR) is 87.6 cm³/mol. The van der Waals surface area contributed by atoms with Gasteiger partial charge in [0.1, 0.15) is 23.5 Å². The van der Waals surface area contributed by atoms with Crippen LogP contribution in [0, 0.1) is 0 Å². The van der Waals surface area contributed by atoms with E-state index in [0.717, 1.165) is 12.1 Å². The van der Waals surface area contributed by atoms with Crippen molar-refractivity contribution in [2.75, 3.05) is 13.2 Å². The van der Waals surface area contributed by atoms with Crippen LogP contribution in [0.1, 0.15) is 12.5 Å². The molecule has 2 aromatic rings. The molecule has 0 saturated heterocycles. The van der Waals surface area contributed by atoms with Gasteiger partial charge in [0.15, 0.2) is 0 Å². The van der Waals surface area contributed by atoms with E-state index in [1.165, 1.54) is 0 Å². The molecular weight excluding hydrogens is 325 g/mol. The number of hydrogen-bond acceptors (Lipinski definition) is 4. The van der Waals surface area contributed by atoms with E-state index in [4.69, 9.17) is 27.9 Å². The number of benzene rings is 1. The van der Waals surface area contributed by atoms with Gasteiger partial charge in [-0.25, -0.2) is 0 Å². The number of aliphatic hydroxyl groups excluding tert-OH is 1. The fourth-order valence-corrected chi connectivity index (χ4v) is 2.24. The Morgan fingerprint density at radius 1 is 1.41 bits per heavy atom. The number of rotatable bonds is 8. The Hall–Kier alpha value is -1.27. The summed E-state index contributed by atoms with van der Waals surface area (Å²) in [4.78, 5) is 0. The molecule has 1 aromatic carbocycles. The smallest absolute Gasteiger partial charge is 0.139 e. The topological polar surface area (TPSA) is 59.3 Å². The van der Waals surface area contributed by atoms with Gasteiger partial charge >= 0.3 is 0 Å². The molecule has 0 radical (unpaired) electrons. The zero-order chi connectivity index (χ0) is 15.9. The van der Waals surface area contributed by atoms with E-state index in [2.05, 4.69) is 10.4 Å². The SMILES string of the molecule is CCn1cc(CNCC(O)COc2cccc(Cl)c2Cl)cn1. The van der Waals surface area contributed by atoms with Gasteiger partial charge in [0, 0.05) is 31.4 Å². The number of hydrogen-bond donors (Lipinski definition) is 2. The van der Waals surface area contributed by atoms with Crippen molar-refractivity contribution in [2.24, 2.45) is 0 Å². The van der Waals surface area contributed by atoms with E-state index in [1.54, 1.807) is 18.2 Å². The summed E-state index contributed by atoms with van der Waals surface area (Å²) < 4.78 is 7.34. The number of nitrogens with zero attached hydrogens (tertiary/aromatic N) is 2. The Bertz CT molecular complexity index is 604. The van der Waals surface area contributed by atoms with Gasteiger partial charge in [0.05, 0.1) is 11.2 Å². The molecule has 2 N–H and O–H groups in total. The van der Waals surface area contributed by atoms with Crippen LogP contribution in [0.3, 0.4) is 0 Å². The van der Waals surface area contributed by atoms with Crippen molar-refractivity contribution in [3.8, 4) is 5.75 Å². The van der Waals surface area contributed by atoms with Gasteiger partial charge in [0.2, 0.25) is 0 Å². The first kappa shape index (κ1) is 17.1. The Morgan fingerprint density at radius 2 is 2.23 bits per heavy atom. The Balaban J connectivity index is 1.71. The molecule has 7 heteroatoms. The highest BCUT2D eigenvalue weighted by atomic mass is 35.5. The van der Waals surface area contributed by atoms with Crippen LogP contribution in [0.2, 0.25) is 10.0 Å². The number of aliphatic hydroxyl groups is 1. The van der Waals surface area contributed by atoms with E-state index in [1.807, 2.05) is 24.0 Å². The molecule has 0 amide bonds. The Labute approximate surface area is 139 Å². The van der Waals surface area contributed by atoms with E-state index >= 15 is 0 Å². The maximum atomic E-state index is 9.92. The largest absolute Gasteiger partial charge is 0.489 e. The average molecular weight is 344 g/mol. The molecular formula is C15H19Cl2N3O2. The summed E-state index contributed by atoms with van der Waals surface area (Å²) >= 11 is 11.9. The normalized spacial score (nSPS) is 12.4.